The number of nitrogens with zero attached hydrogens (tertiary/aromatic N) is 1. The van der Waals surface area contributed by atoms with Crippen LogP contribution in [0.2, 0.25) is 0 Å². The number of pyridine rings is 1. The number of aromatic nitrogens is 1. The highest BCUT2D eigenvalue weighted by molar-refractivity contribution is 14.1. The second-order valence-corrected chi connectivity index (χ2v) is 3.38. The number of aliphatic carboxylic acids is 1. The van der Waals surface area contributed by atoms with Crippen molar-refractivity contribution < 1.29 is 14.3 Å². The number of rotatable bonds is 2. The van der Waals surface area contributed by atoms with Crippen molar-refractivity contribution in [2.24, 2.45) is 0 Å². The molecule has 1 heterocycles. The average Bonchev–Trinajstić information content (AvgIpc) is 2.07. The number of carbonyl (C=O) groups is 1. The van der Waals surface area contributed by atoms with Crippen molar-refractivity contribution in [1.82, 2.24) is 4.98 Å². The van der Waals surface area contributed by atoms with E-state index in [0.29, 0.717) is 9.13 Å². The Bertz CT molecular complexity index is 365. The zero-order valence-corrected chi connectivity index (χ0v) is 8.53. The summed E-state index contributed by atoms with van der Waals surface area (Å²) in [5.74, 6) is -1.59. The van der Waals surface area contributed by atoms with Crippen molar-refractivity contribution >= 4 is 34.6 Å². The minimum atomic E-state index is -1.04. The van der Waals surface area contributed by atoms with Crippen LogP contribution in [0.1, 0.15) is 5.56 Å². The minimum Gasteiger partial charge on any atom is -0.478 e. The zero-order chi connectivity index (χ0) is 9.84. The lowest BCUT2D eigenvalue weighted by molar-refractivity contribution is -0.131. The van der Waals surface area contributed by atoms with Crippen LogP contribution in [0.25, 0.3) is 6.08 Å². The van der Waals surface area contributed by atoms with Gasteiger partial charge in [0.1, 0.15) is 0 Å². The van der Waals surface area contributed by atoms with E-state index in [9.17, 15) is 9.18 Å². The Hall–Kier alpha value is -0.980. The predicted octanol–water partition coefficient (Wildman–Crippen LogP) is 1.92. The summed E-state index contributed by atoms with van der Waals surface area (Å²) in [5, 5.41) is 8.32. The molecular weight excluding hydrogens is 288 g/mol. The summed E-state index contributed by atoms with van der Waals surface area (Å²) in [4.78, 5) is 13.6. The number of hydrogen-bond donors (Lipinski definition) is 1. The van der Waals surface area contributed by atoms with Gasteiger partial charge in [0.2, 0.25) is 5.95 Å². The van der Waals surface area contributed by atoms with Gasteiger partial charge in [-0.05, 0) is 40.3 Å². The molecule has 0 saturated heterocycles. The molecule has 1 aromatic rings. The Morgan fingerprint density at radius 2 is 2.38 bits per heavy atom. The Morgan fingerprint density at radius 1 is 1.69 bits per heavy atom. The molecule has 1 rings (SSSR count). The number of carboxylic acids is 1. The molecule has 68 valence electrons. The Labute approximate surface area is 87.4 Å². The molecule has 0 spiro atoms. The highest BCUT2D eigenvalue weighted by Gasteiger charge is 1.99. The molecule has 13 heavy (non-hydrogen) atoms. The van der Waals surface area contributed by atoms with Gasteiger partial charge in [-0.2, -0.15) is 4.39 Å². The highest BCUT2D eigenvalue weighted by Crippen LogP contribution is 2.10. The third kappa shape index (κ3) is 3.10. The van der Waals surface area contributed by atoms with E-state index in [0.717, 1.165) is 6.08 Å². The van der Waals surface area contributed by atoms with Crippen molar-refractivity contribution in [1.29, 1.82) is 0 Å². The first-order valence-corrected chi connectivity index (χ1v) is 4.39. The van der Waals surface area contributed by atoms with Crippen molar-refractivity contribution in [3.63, 3.8) is 0 Å². The SMILES string of the molecule is O=C(O)/C=C/c1cnc(F)c(I)c1. The monoisotopic (exact) mass is 293 g/mol. The fourth-order valence-corrected chi connectivity index (χ4v) is 1.19. The normalized spacial score (nSPS) is 10.6. The molecule has 0 aliphatic carbocycles. The zero-order valence-electron chi connectivity index (χ0n) is 6.37. The van der Waals surface area contributed by atoms with E-state index in [1.165, 1.54) is 18.3 Å². The van der Waals surface area contributed by atoms with Gasteiger partial charge < -0.3 is 5.11 Å². The van der Waals surface area contributed by atoms with E-state index in [1.54, 1.807) is 22.6 Å². The summed E-state index contributed by atoms with van der Waals surface area (Å²) in [6.07, 6.45) is 3.61. The van der Waals surface area contributed by atoms with E-state index in [4.69, 9.17) is 5.11 Å². The van der Waals surface area contributed by atoms with Crippen LogP contribution in [0, 0.1) is 9.52 Å². The maximum atomic E-state index is 12.6. The van der Waals surface area contributed by atoms with Crippen molar-refractivity contribution in [2.75, 3.05) is 0 Å². The molecule has 0 aromatic carbocycles. The van der Waals surface area contributed by atoms with E-state index in [-0.39, 0.29) is 0 Å². The van der Waals surface area contributed by atoms with Crippen LogP contribution in [-0.2, 0) is 4.79 Å². The fraction of sp³-hybridized carbons (Fsp3) is 0. The number of carboxylic acid groups (broad SMARTS) is 1. The van der Waals surface area contributed by atoms with Crippen molar-refractivity contribution in [3.8, 4) is 0 Å². The van der Waals surface area contributed by atoms with E-state index in [1.807, 2.05) is 0 Å². The summed E-state index contributed by atoms with van der Waals surface area (Å²) in [5.41, 5.74) is 0.563. The van der Waals surface area contributed by atoms with Crippen LogP contribution < -0.4 is 0 Å². The lowest BCUT2D eigenvalue weighted by Gasteiger charge is -1.94. The largest absolute Gasteiger partial charge is 0.478 e. The van der Waals surface area contributed by atoms with Crippen molar-refractivity contribution in [3.05, 3.63) is 33.4 Å². The van der Waals surface area contributed by atoms with Gasteiger partial charge in [-0.15, -0.1) is 0 Å². The Kier molecular flexibility index (Phi) is 3.35. The Morgan fingerprint density at radius 3 is 2.92 bits per heavy atom. The van der Waals surface area contributed by atoms with Gasteiger partial charge in [0, 0.05) is 12.3 Å². The van der Waals surface area contributed by atoms with Crippen LogP contribution in [0.4, 0.5) is 4.39 Å². The first-order chi connectivity index (χ1) is 6.09. The first kappa shape index (κ1) is 10.1. The van der Waals surface area contributed by atoms with Gasteiger partial charge in [0.05, 0.1) is 3.57 Å². The maximum absolute atomic E-state index is 12.6. The quantitative estimate of drug-likeness (QED) is 0.515. The summed E-state index contributed by atoms with van der Waals surface area (Å²) in [7, 11) is 0. The van der Waals surface area contributed by atoms with Crippen LogP contribution in [-0.4, -0.2) is 16.1 Å². The summed E-state index contributed by atoms with van der Waals surface area (Å²) in [6.45, 7) is 0. The van der Waals surface area contributed by atoms with Gasteiger partial charge in [-0.3, -0.25) is 0 Å². The molecule has 0 fully saturated rings. The van der Waals surface area contributed by atoms with Gasteiger partial charge in [-0.25, -0.2) is 9.78 Å². The molecule has 0 atom stereocenters. The topological polar surface area (TPSA) is 50.2 Å². The second kappa shape index (κ2) is 4.31. The summed E-state index contributed by atoms with van der Waals surface area (Å²) in [6, 6.07) is 1.52. The lowest BCUT2D eigenvalue weighted by Crippen LogP contribution is -1.90. The molecule has 0 amide bonds. The number of hydrogen-bond acceptors (Lipinski definition) is 2. The molecule has 1 N–H and O–H groups in total. The molecule has 1 aromatic heterocycles. The standard InChI is InChI=1S/C8H5FINO2/c9-8-6(10)3-5(4-11-8)1-2-7(12)13/h1-4H,(H,12,13)/b2-1+. The van der Waals surface area contributed by atoms with Crippen LogP contribution in [0.3, 0.4) is 0 Å². The van der Waals surface area contributed by atoms with Gasteiger partial charge >= 0.3 is 5.97 Å². The lowest BCUT2D eigenvalue weighted by atomic mass is 10.2. The molecular formula is C8H5FINO2. The van der Waals surface area contributed by atoms with Gasteiger partial charge in [0.15, 0.2) is 0 Å². The van der Waals surface area contributed by atoms with E-state index in [2.05, 4.69) is 4.98 Å². The smallest absolute Gasteiger partial charge is 0.328 e. The second-order valence-electron chi connectivity index (χ2n) is 2.21. The fourth-order valence-electron chi connectivity index (χ4n) is 0.695. The predicted molar refractivity (Wildman–Crippen MR) is 53.6 cm³/mol. The average molecular weight is 293 g/mol. The Balaban J connectivity index is 2.92. The summed E-state index contributed by atoms with van der Waals surface area (Å²) >= 11 is 1.79. The first-order valence-electron chi connectivity index (χ1n) is 3.31. The highest BCUT2D eigenvalue weighted by atomic mass is 127. The maximum Gasteiger partial charge on any atom is 0.328 e. The summed E-state index contributed by atoms with van der Waals surface area (Å²) < 4.78 is 13.0. The molecule has 5 heteroatoms. The van der Waals surface area contributed by atoms with Gasteiger partial charge in [-0.1, -0.05) is 0 Å². The van der Waals surface area contributed by atoms with Gasteiger partial charge in [0.25, 0.3) is 0 Å². The molecule has 3 nitrogen and oxygen atoms in total. The van der Waals surface area contributed by atoms with Crippen LogP contribution in [0.15, 0.2) is 18.3 Å². The molecule has 0 aliphatic heterocycles. The van der Waals surface area contributed by atoms with Crippen LogP contribution >= 0.6 is 22.6 Å². The van der Waals surface area contributed by atoms with Crippen LogP contribution in [0.5, 0.6) is 0 Å². The molecule has 0 bridgehead atoms. The minimum absolute atomic E-state index is 0.366. The molecule has 0 saturated carbocycles. The molecule has 0 aliphatic rings. The molecule has 0 radical (unpaired) electrons. The van der Waals surface area contributed by atoms with E-state index < -0.39 is 11.9 Å². The third-order valence-corrected chi connectivity index (χ3v) is 1.99. The van der Waals surface area contributed by atoms with E-state index >= 15 is 0 Å². The number of halogens is 2. The third-order valence-electron chi connectivity index (χ3n) is 1.24. The molecule has 0 unspecified atom stereocenters. The van der Waals surface area contributed by atoms with Crippen molar-refractivity contribution in [2.45, 2.75) is 0 Å².